The summed E-state index contributed by atoms with van der Waals surface area (Å²) in [5.74, 6) is -0.370. The molecule has 2 rings (SSSR count). The minimum atomic E-state index is -0.710. The van der Waals surface area contributed by atoms with Gasteiger partial charge in [-0.3, -0.25) is 14.3 Å². The fourth-order valence-corrected chi connectivity index (χ4v) is 1.49. The smallest absolute Gasteiger partial charge is 0.295 e. The van der Waals surface area contributed by atoms with Gasteiger partial charge in [0.1, 0.15) is 17.4 Å². The molecule has 5 nitrogen and oxygen atoms in total. The number of nitrogens with zero attached hydrogens (tertiary/aromatic N) is 2. The molecule has 0 aliphatic carbocycles. The van der Waals surface area contributed by atoms with E-state index in [1.54, 1.807) is 6.07 Å². The molecule has 1 N–H and O–H groups in total. The van der Waals surface area contributed by atoms with E-state index in [0.717, 1.165) is 0 Å². The van der Waals surface area contributed by atoms with Crippen molar-refractivity contribution in [2.24, 2.45) is 0 Å². The van der Waals surface area contributed by atoms with Crippen LogP contribution in [0.5, 0.6) is 0 Å². The Morgan fingerprint density at radius 2 is 1.94 bits per heavy atom. The SMILES string of the molecule is N#Cc1cn(Cc2ccc(F)cc2)c(=O)[nH]c1=O. The van der Waals surface area contributed by atoms with Crippen LogP contribution in [0.1, 0.15) is 11.1 Å². The summed E-state index contributed by atoms with van der Waals surface area (Å²) in [6, 6.07) is 7.30. The van der Waals surface area contributed by atoms with Gasteiger partial charge in [0, 0.05) is 6.20 Å². The Labute approximate surface area is 101 Å². The quantitative estimate of drug-likeness (QED) is 0.841. The first kappa shape index (κ1) is 11.8. The summed E-state index contributed by atoms with van der Waals surface area (Å²) >= 11 is 0. The number of aromatic amines is 1. The number of nitriles is 1. The van der Waals surface area contributed by atoms with Crippen molar-refractivity contribution in [3.8, 4) is 6.07 Å². The summed E-state index contributed by atoms with van der Waals surface area (Å²) in [6.45, 7) is 0.157. The molecule has 90 valence electrons. The molecule has 1 aromatic heterocycles. The molecule has 2 aromatic rings. The van der Waals surface area contributed by atoms with Crippen LogP contribution in [0.2, 0.25) is 0 Å². The Kier molecular flexibility index (Phi) is 3.06. The zero-order valence-electron chi connectivity index (χ0n) is 9.18. The van der Waals surface area contributed by atoms with Crippen LogP contribution in [0.4, 0.5) is 4.39 Å². The Bertz CT molecular complexity index is 723. The van der Waals surface area contributed by atoms with Crippen molar-refractivity contribution >= 4 is 0 Å². The van der Waals surface area contributed by atoms with Gasteiger partial charge >= 0.3 is 5.69 Å². The van der Waals surface area contributed by atoms with Gasteiger partial charge in [-0.05, 0) is 17.7 Å². The molecule has 0 fully saturated rings. The standard InChI is InChI=1S/C12H8FN3O2/c13-10-3-1-8(2-4-10)6-16-7-9(5-14)11(17)15-12(16)18/h1-4,7H,6H2,(H,15,17,18). The van der Waals surface area contributed by atoms with E-state index < -0.39 is 11.2 Å². The van der Waals surface area contributed by atoms with E-state index in [-0.39, 0.29) is 17.9 Å². The van der Waals surface area contributed by atoms with Crippen LogP contribution < -0.4 is 11.2 Å². The fraction of sp³-hybridized carbons (Fsp3) is 0.0833. The Morgan fingerprint density at radius 1 is 1.28 bits per heavy atom. The van der Waals surface area contributed by atoms with Crippen molar-refractivity contribution in [3.05, 3.63) is 68.2 Å². The van der Waals surface area contributed by atoms with Crippen LogP contribution in [0.15, 0.2) is 40.1 Å². The number of hydrogen-bond donors (Lipinski definition) is 1. The zero-order valence-corrected chi connectivity index (χ0v) is 9.18. The highest BCUT2D eigenvalue weighted by atomic mass is 19.1. The van der Waals surface area contributed by atoms with E-state index >= 15 is 0 Å². The molecule has 0 atom stereocenters. The monoisotopic (exact) mass is 245 g/mol. The molecular weight excluding hydrogens is 237 g/mol. The predicted molar refractivity (Wildman–Crippen MR) is 61.5 cm³/mol. The molecule has 0 unspecified atom stereocenters. The Balaban J connectivity index is 2.41. The van der Waals surface area contributed by atoms with Gasteiger partial charge < -0.3 is 0 Å². The number of aromatic nitrogens is 2. The zero-order chi connectivity index (χ0) is 13.1. The minimum Gasteiger partial charge on any atom is -0.295 e. The normalized spacial score (nSPS) is 10.0. The van der Waals surface area contributed by atoms with Gasteiger partial charge in [-0.25, -0.2) is 9.18 Å². The first-order valence-electron chi connectivity index (χ1n) is 5.08. The Morgan fingerprint density at radius 3 is 2.56 bits per heavy atom. The largest absolute Gasteiger partial charge is 0.328 e. The lowest BCUT2D eigenvalue weighted by atomic mass is 10.2. The van der Waals surface area contributed by atoms with Gasteiger partial charge in [-0.1, -0.05) is 12.1 Å². The van der Waals surface area contributed by atoms with E-state index in [9.17, 15) is 14.0 Å². The second-order valence-corrected chi connectivity index (χ2v) is 3.67. The molecule has 0 aliphatic heterocycles. The van der Waals surface area contributed by atoms with Crippen molar-refractivity contribution in [1.82, 2.24) is 9.55 Å². The lowest BCUT2D eigenvalue weighted by Crippen LogP contribution is -2.31. The van der Waals surface area contributed by atoms with Gasteiger partial charge in [0.05, 0.1) is 6.54 Å². The second kappa shape index (κ2) is 4.67. The molecule has 1 aromatic carbocycles. The van der Waals surface area contributed by atoms with E-state index in [1.165, 1.54) is 35.0 Å². The van der Waals surface area contributed by atoms with Crippen molar-refractivity contribution < 1.29 is 4.39 Å². The number of rotatable bonds is 2. The van der Waals surface area contributed by atoms with Gasteiger partial charge in [-0.2, -0.15) is 5.26 Å². The summed E-state index contributed by atoms with van der Waals surface area (Å²) in [5.41, 5.74) is -0.771. The number of nitrogens with one attached hydrogen (secondary N) is 1. The third-order valence-corrected chi connectivity index (χ3v) is 2.40. The molecule has 0 spiro atoms. The maximum atomic E-state index is 12.7. The van der Waals surface area contributed by atoms with Crippen LogP contribution in [0.3, 0.4) is 0 Å². The van der Waals surface area contributed by atoms with Crippen LogP contribution in [-0.4, -0.2) is 9.55 Å². The summed E-state index contributed by atoms with van der Waals surface area (Å²) in [6.07, 6.45) is 1.19. The first-order valence-corrected chi connectivity index (χ1v) is 5.08. The van der Waals surface area contributed by atoms with E-state index in [0.29, 0.717) is 5.56 Å². The van der Waals surface area contributed by atoms with E-state index in [1.807, 2.05) is 4.98 Å². The highest BCUT2D eigenvalue weighted by Gasteiger charge is 2.04. The van der Waals surface area contributed by atoms with Gasteiger partial charge in [0.25, 0.3) is 5.56 Å². The van der Waals surface area contributed by atoms with Crippen molar-refractivity contribution in [2.45, 2.75) is 6.54 Å². The van der Waals surface area contributed by atoms with E-state index in [4.69, 9.17) is 5.26 Å². The van der Waals surface area contributed by atoms with Crippen LogP contribution >= 0.6 is 0 Å². The third-order valence-electron chi connectivity index (χ3n) is 2.40. The number of benzene rings is 1. The minimum absolute atomic E-state index is 0.142. The molecule has 0 radical (unpaired) electrons. The number of halogens is 1. The third kappa shape index (κ3) is 2.35. The highest BCUT2D eigenvalue weighted by molar-refractivity contribution is 5.23. The van der Waals surface area contributed by atoms with Crippen LogP contribution in [0, 0.1) is 17.1 Å². The highest BCUT2D eigenvalue weighted by Crippen LogP contribution is 2.03. The molecule has 0 amide bonds. The van der Waals surface area contributed by atoms with Crippen molar-refractivity contribution in [3.63, 3.8) is 0 Å². The summed E-state index contributed by atoms with van der Waals surface area (Å²) in [5, 5.41) is 8.70. The average molecular weight is 245 g/mol. The van der Waals surface area contributed by atoms with Crippen LogP contribution in [-0.2, 0) is 6.54 Å². The number of hydrogen-bond acceptors (Lipinski definition) is 3. The molecule has 0 aliphatic rings. The molecule has 6 heteroatoms. The summed E-state index contributed by atoms with van der Waals surface area (Å²) < 4.78 is 13.9. The average Bonchev–Trinajstić information content (AvgIpc) is 2.35. The lowest BCUT2D eigenvalue weighted by Gasteiger charge is -2.05. The molecular formula is C12H8FN3O2. The van der Waals surface area contributed by atoms with Gasteiger partial charge in [0.2, 0.25) is 0 Å². The summed E-state index contributed by atoms with van der Waals surface area (Å²) in [4.78, 5) is 24.7. The predicted octanol–water partition coefficient (Wildman–Crippen LogP) is 0.596. The second-order valence-electron chi connectivity index (χ2n) is 3.67. The molecule has 18 heavy (non-hydrogen) atoms. The van der Waals surface area contributed by atoms with Gasteiger partial charge in [0.15, 0.2) is 0 Å². The maximum Gasteiger partial charge on any atom is 0.328 e. The maximum absolute atomic E-state index is 12.7. The molecule has 1 heterocycles. The molecule has 0 saturated carbocycles. The molecule has 0 saturated heterocycles. The van der Waals surface area contributed by atoms with Crippen molar-refractivity contribution in [2.75, 3.05) is 0 Å². The van der Waals surface area contributed by atoms with E-state index in [2.05, 4.69) is 0 Å². The first-order chi connectivity index (χ1) is 8.60. The van der Waals surface area contributed by atoms with Crippen molar-refractivity contribution in [1.29, 1.82) is 5.26 Å². The lowest BCUT2D eigenvalue weighted by molar-refractivity contribution is 0.625. The fourth-order valence-electron chi connectivity index (χ4n) is 1.49. The summed E-state index contributed by atoms with van der Waals surface area (Å²) in [7, 11) is 0. The Hall–Kier alpha value is -2.68. The van der Waals surface area contributed by atoms with Crippen LogP contribution in [0.25, 0.3) is 0 Å². The topological polar surface area (TPSA) is 78.7 Å². The molecule has 0 bridgehead atoms. The number of H-pyrrole nitrogens is 1. The van der Waals surface area contributed by atoms with Gasteiger partial charge in [-0.15, -0.1) is 0 Å².